The number of halogens is 1. The predicted molar refractivity (Wildman–Crippen MR) is 126 cm³/mol. The zero-order valence-electron chi connectivity index (χ0n) is 18.0. The van der Waals surface area contributed by atoms with Gasteiger partial charge >= 0.3 is 0 Å². The van der Waals surface area contributed by atoms with E-state index < -0.39 is 21.5 Å². The molecule has 0 saturated carbocycles. The second kappa shape index (κ2) is 9.71. The van der Waals surface area contributed by atoms with Gasteiger partial charge in [-0.05, 0) is 57.2 Å². The summed E-state index contributed by atoms with van der Waals surface area (Å²) >= 11 is 6.22. The molecule has 0 unspecified atom stereocenters. The lowest BCUT2D eigenvalue weighted by molar-refractivity contribution is 0.0706. The van der Waals surface area contributed by atoms with E-state index in [1.807, 2.05) is 0 Å². The molecule has 1 amide bonds. The van der Waals surface area contributed by atoms with Crippen molar-refractivity contribution in [3.05, 3.63) is 65.3 Å². The van der Waals surface area contributed by atoms with Gasteiger partial charge in [-0.3, -0.25) is 10.0 Å². The van der Waals surface area contributed by atoms with Gasteiger partial charge < -0.3 is 10.6 Å². The van der Waals surface area contributed by atoms with Crippen molar-refractivity contribution in [2.45, 2.75) is 31.2 Å². The van der Waals surface area contributed by atoms with Crippen LogP contribution in [0.25, 0.3) is 0 Å². The number of benzene rings is 2. The number of nitrogens with one attached hydrogen (secondary N) is 4. The van der Waals surface area contributed by atoms with Gasteiger partial charge in [0.1, 0.15) is 5.02 Å². The minimum absolute atomic E-state index is 0.0879. The number of rotatable bonds is 7. The zero-order chi connectivity index (χ0) is 24.2. The van der Waals surface area contributed by atoms with E-state index in [4.69, 9.17) is 16.8 Å². The number of hydrogen-bond donors (Lipinski definition) is 5. The highest BCUT2D eigenvalue weighted by molar-refractivity contribution is 7.89. The Balaban J connectivity index is 1.83. The van der Waals surface area contributed by atoms with Crippen LogP contribution in [0.3, 0.4) is 0 Å². The standard InChI is InChI=1S/C21H23ClN6O4S/c1-21(2,3)28-33(31,32)16-9-5-8-15(11-16)24-18-17(22)12-23-20(26-18)25-14-7-4-6-13(10-14)19(29)27-30/h4-12,28,30H,1-3H3,(H,27,29)(H2,23,24,25,26). The van der Waals surface area contributed by atoms with Crippen LogP contribution in [0.15, 0.2) is 59.6 Å². The minimum atomic E-state index is -3.72. The molecule has 0 aliphatic rings. The highest BCUT2D eigenvalue weighted by Gasteiger charge is 2.22. The molecule has 174 valence electrons. The number of nitrogens with zero attached hydrogens (tertiary/aromatic N) is 2. The third kappa shape index (κ3) is 6.62. The lowest BCUT2D eigenvalue weighted by Crippen LogP contribution is -2.40. The molecule has 0 atom stereocenters. The first-order chi connectivity index (χ1) is 15.5. The number of aromatic nitrogens is 2. The molecule has 0 saturated heterocycles. The molecular formula is C21H23ClN6O4S. The largest absolute Gasteiger partial charge is 0.339 e. The summed E-state index contributed by atoms with van der Waals surface area (Å²) in [6.07, 6.45) is 1.38. The Labute approximate surface area is 196 Å². The average molecular weight is 491 g/mol. The molecule has 0 aliphatic carbocycles. The summed E-state index contributed by atoms with van der Waals surface area (Å²) in [5.41, 5.74) is 2.14. The van der Waals surface area contributed by atoms with Gasteiger partial charge in [-0.2, -0.15) is 4.98 Å². The molecule has 0 bridgehead atoms. The SMILES string of the molecule is CC(C)(C)NS(=O)(=O)c1cccc(Nc2nc(Nc3cccc(C(=O)NO)c3)ncc2Cl)c1. The molecule has 0 radical (unpaired) electrons. The molecule has 33 heavy (non-hydrogen) atoms. The van der Waals surface area contributed by atoms with Crippen molar-refractivity contribution in [1.29, 1.82) is 0 Å². The normalized spacial score (nSPS) is 11.7. The number of anilines is 4. The van der Waals surface area contributed by atoms with Crippen molar-refractivity contribution >= 4 is 50.7 Å². The number of carbonyl (C=O) groups is 1. The molecule has 12 heteroatoms. The van der Waals surface area contributed by atoms with Crippen LogP contribution in [0.4, 0.5) is 23.1 Å². The molecule has 3 aromatic rings. The first-order valence-electron chi connectivity index (χ1n) is 9.72. The Morgan fingerprint density at radius 1 is 1.03 bits per heavy atom. The van der Waals surface area contributed by atoms with E-state index in [9.17, 15) is 13.2 Å². The van der Waals surface area contributed by atoms with Crippen LogP contribution in [-0.2, 0) is 10.0 Å². The Morgan fingerprint density at radius 3 is 2.36 bits per heavy atom. The fourth-order valence-corrected chi connectivity index (χ4v) is 4.39. The molecule has 0 spiro atoms. The van der Waals surface area contributed by atoms with Crippen LogP contribution in [0.1, 0.15) is 31.1 Å². The quantitative estimate of drug-likeness (QED) is 0.248. The van der Waals surface area contributed by atoms with Crippen molar-refractivity contribution in [3.63, 3.8) is 0 Å². The van der Waals surface area contributed by atoms with E-state index in [1.54, 1.807) is 50.5 Å². The summed E-state index contributed by atoms with van der Waals surface area (Å²) in [5, 5.41) is 15.0. The summed E-state index contributed by atoms with van der Waals surface area (Å²) in [6, 6.07) is 12.6. The maximum Gasteiger partial charge on any atom is 0.274 e. The van der Waals surface area contributed by atoms with Gasteiger partial charge in [0, 0.05) is 22.5 Å². The van der Waals surface area contributed by atoms with Crippen LogP contribution >= 0.6 is 11.6 Å². The van der Waals surface area contributed by atoms with Gasteiger partial charge in [0.25, 0.3) is 5.91 Å². The first kappa shape index (κ1) is 24.4. The summed E-state index contributed by atoms with van der Waals surface area (Å²) in [4.78, 5) is 20.1. The minimum Gasteiger partial charge on any atom is -0.339 e. The highest BCUT2D eigenvalue weighted by atomic mass is 35.5. The summed E-state index contributed by atoms with van der Waals surface area (Å²) in [6.45, 7) is 5.27. The molecular weight excluding hydrogens is 468 g/mol. The van der Waals surface area contributed by atoms with Crippen LogP contribution in [0.5, 0.6) is 0 Å². The van der Waals surface area contributed by atoms with Crippen LogP contribution < -0.4 is 20.8 Å². The fourth-order valence-electron chi connectivity index (χ4n) is 2.79. The van der Waals surface area contributed by atoms with Crippen LogP contribution in [0.2, 0.25) is 5.02 Å². The van der Waals surface area contributed by atoms with Crippen LogP contribution in [-0.4, -0.2) is 35.0 Å². The number of hydrogen-bond acceptors (Lipinski definition) is 8. The van der Waals surface area contributed by atoms with Gasteiger partial charge in [0.2, 0.25) is 16.0 Å². The van der Waals surface area contributed by atoms with Gasteiger partial charge in [0.15, 0.2) is 5.82 Å². The Morgan fingerprint density at radius 2 is 1.70 bits per heavy atom. The molecule has 1 heterocycles. The van der Waals surface area contributed by atoms with E-state index in [0.717, 1.165) is 0 Å². The molecule has 1 aromatic heterocycles. The molecule has 5 N–H and O–H groups in total. The van der Waals surface area contributed by atoms with E-state index in [1.165, 1.54) is 30.5 Å². The maximum absolute atomic E-state index is 12.6. The van der Waals surface area contributed by atoms with Crippen molar-refractivity contribution in [1.82, 2.24) is 20.2 Å². The Kier molecular flexibility index (Phi) is 7.18. The van der Waals surface area contributed by atoms with E-state index in [-0.39, 0.29) is 27.2 Å². The van der Waals surface area contributed by atoms with Gasteiger partial charge in [-0.1, -0.05) is 23.7 Å². The molecule has 0 aliphatic heterocycles. The second-order valence-corrected chi connectivity index (χ2v) is 10.1. The topological polar surface area (TPSA) is 145 Å². The number of carbonyl (C=O) groups excluding carboxylic acids is 1. The number of amides is 1. The number of sulfonamides is 1. The third-order valence-corrected chi connectivity index (χ3v) is 6.11. The maximum atomic E-state index is 12.6. The van der Waals surface area contributed by atoms with Crippen molar-refractivity contribution in [3.8, 4) is 0 Å². The van der Waals surface area contributed by atoms with Crippen molar-refractivity contribution < 1.29 is 18.4 Å². The summed E-state index contributed by atoms with van der Waals surface area (Å²) in [5.74, 6) is -0.229. The molecule has 0 fully saturated rings. The Bertz CT molecular complexity index is 1280. The van der Waals surface area contributed by atoms with Crippen molar-refractivity contribution in [2.75, 3.05) is 10.6 Å². The van der Waals surface area contributed by atoms with Crippen LogP contribution in [0, 0.1) is 0 Å². The fraction of sp³-hybridized carbons (Fsp3) is 0.190. The Hall–Kier alpha value is -3.25. The molecule has 3 rings (SSSR count). The van der Waals surface area contributed by atoms with Gasteiger partial charge in [-0.25, -0.2) is 23.6 Å². The smallest absolute Gasteiger partial charge is 0.274 e. The van der Waals surface area contributed by atoms with E-state index >= 15 is 0 Å². The lowest BCUT2D eigenvalue weighted by Gasteiger charge is -2.20. The zero-order valence-corrected chi connectivity index (χ0v) is 19.6. The second-order valence-electron chi connectivity index (χ2n) is 8.05. The monoisotopic (exact) mass is 490 g/mol. The van der Waals surface area contributed by atoms with Crippen molar-refractivity contribution in [2.24, 2.45) is 0 Å². The van der Waals surface area contributed by atoms with Gasteiger partial charge in [-0.15, -0.1) is 0 Å². The highest BCUT2D eigenvalue weighted by Crippen LogP contribution is 2.26. The molecule has 10 nitrogen and oxygen atoms in total. The summed E-state index contributed by atoms with van der Waals surface area (Å²) < 4.78 is 27.9. The molecule has 2 aromatic carbocycles. The van der Waals surface area contributed by atoms with E-state index in [2.05, 4.69) is 25.3 Å². The third-order valence-electron chi connectivity index (χ3n) is 4.07. The lowest BCUT2D eigenvalue weighted by atomic mass is 10.1. The summed E-state index contributed by atoms with van der Waals surface area (Å²) in [7, 11) is -3.72. The van der Waals surface area contributed by atoms with E-state index in [0.29, 0.717) is 11.4 Å². The van der Waals surface area contributed by atoms with Gasteiger partial charge in [0.05, 0.1) is 11.1 Å². The average Bonchev–Trinajstić information content (AvgIpc) is 2.74. The first-order valence-corrected chi connectivity index (χ1v) is 11.6. The predicted octanol–water partition coefficient (Wildman–Crippen LogP) is 3.81. The number of hydroxylamine groups is 1.